The Bertz CT molecular complexity index is 569. The van der Waals surface area contributed by atoms with Crippen LogP contribution in [0.1, 0.15) is 6.42 Å². The first-order valence-corrected chi connectivity index (χ1v) is 11.0. The van der Waals surface area contributed by atoms with Gasteiger partial charge in [0.25, 0.3) is 0 Å². The Morgan fingerprint density at radius 3 is 2.64 bits per heavy atom. The third-order valence-electron chi connectivity index (χ3n) is 3.81. The van der Waals surface area contributed by atoms with Crippen molar-refractivity contribution in [2.24, 2.45) is 5.73 Å². The van der Waals surface area contributed by atoms with E-state index in [0.29, 0.717) is 22.3 Å². The first-order chi connectivity index (χ1) is 10.1. The molecule has 4 atom stereocenters. The van der Waals surface area contributed by atoms with Gasteiger partial charge in [-0.15, -0.1) is 13.2 Å². The Balaban J connectivity index is 2.10. The number of nitrogens with zero attached hydrogens (tertiary/aromatic N) is 1. The summed E-state index contributed by atoms with van der Waals surface area (Å²) in [6, 6.07) is 0. The highest BCUT2D eigenvalue weighted by Gasteiger charge is 2.45. The van der Waals surface area contributed by atoms with E-state index in [-0.39, 0.29) is 0 Å². The second kappa shape index (κ2) is 6.54. The van der Waals surface area contributed by atoms with Crippen molar-refractivity contribution in [1.82, 2.24) is 4.90 Å². The average molecular weight is 391 g/mol. The van der Waals surface area contributed by atoms with Gasteiger partial charge in [-0.3, -0.25) is 0 Å². The third kappa shape index (κ3) is 3.87. The van der Waals surface area contributed by atoms with Crippen molar-refractivity contribution >= 4 is 29.1 Å². The van der Waals surface area contributed by atoms with Crippen LogP contribution in [0.4, 0.5) is 0 Å². The summed E-state index contributed by atoms with van der Waals surface area (Å²) in [7, 11) is 0. The molecule has 0 aliphatic carbocycles. The van der Waals surface area contributed by atoms with Gasteiger partial charge in [0.05, 0.1) is 10.6 Å². The minimum Gasteiger partial charge on any atom is -0.398 e. The van der Waals surface area contributed by atoms with Crippen molar-refractivity contribution in [3.8, 4) is 0 Å². The standard InChI is InChI=1S/C15H24BrN2O3P/c1-9-7-11(17)10(16)8-18(9)15-14(20)13(19)12(21-15)5-6-22(2,3)4/h7-8,12-15,19-20H,1-2,5-6,17H2,3-4H3/t12?,13-,14-,15?/m1/s1. The zero-order valence-corrected chi connectivity index (χ0v) is 15.4. The van der Waals surface area contributed by atoms with Crippen molar-refractivity contribution in [2.45, 2.75) is 31.0 Å². The summed E-state index contributed by atoms with van der Waals surface area (Å²) >= 11 is 3.36. The molecule has 0 aromatic carbocycles. The van der Waals surface area contributed by atoms with E-state index in [1.54, 1.807) is 17.2 Å². The molecule has 22 heavy (non-hydrogen) atoms. The molecule has 0 aromatic heterocycles. The van der Waals surface area contributed by atoms with Crippen molar-refractivity contribution < 1.29 is 14.9 Å². The number of nitrogens with two attached hydrogens (primary N) is 1. The highest BCUT2D eigenvalue weighted by molar-refractivity contribution is 9.12. The van der Waals surface area contributed by atoms with Gasteiger partial charge in [-0.25, -0.2) is 0 Å². The van der Waals surface area contributed by atoms with Crippen LogP contribution >= 0.6 is 22.8 Å². The molecular formula is C15H24BrN2O3P. The molecule has 2 heterocycles. The van der Waals surface area contributed by atoms with Crippen molar-refractivity contribution in [1.29, 1.82) is 0 Å². The highest BCUT2D eigenvalue weighted by Crippen LogP contribution is 2.39. The maximum atomic E-state index is 10.3. The first-order valence-electron chi connectivity index (χ1n) is 7.11. The summed E-state index contributed by atoms with van der Waals surface area (Å²) < 4.78 is 6.59. The smallest absolute Gasteiger partial charge is 0.163 e. The molecule has 0 spiro atoms. The summed E-state index contributed by atoms with van der Waals surface area (Å²) in [6.07, 6.45) is 6.18. The van der Waals surface area contributed by atoms with E-state index in [1.165, 1.54) is 0 Å². The van der Waals surface area contributed by atoms with E-state index in [1.807, 2.05) is 0 Å². The van der Waals surface area contributed by atoms with Crippen LogP contribution in [0.15, 0.2) is 34.7 Å². The zero-order valence-electron chi connectivity index (χ0n) is 12.9. The Morgan fingerprint density at radius 2 is 2.05 bits per heavy atom. The van der Waals surface area contributed by atoms with Gasteiger partial charge < -0.3 is 25.6 Å². The quantitative estimate of drug-likeness (QED) is 0.633. The molecular weight excluding hydrogens is 367 g/mol. The van der Waals surface area contributed by atoms with Gasteiger partial charge in [0.15, 0.2) is 6.23 Å². The van der Waals surface area contributed by atoms with Crippen molar-refractivity contribution in [2.75, 3.05) is 19.5 Å². The first kappa shape index (κ1) is 17.8. The second-order valence-electron chi connectivity index (χ2n) is 6.47. The molecule has 4 N–H and O–H groups in total. The number of allylic oxidation sites excluding steroid dienone is 2. The lowest BCUT2D eigenvalue weighted by molar-refractivity contribution is -0.0562. The van der Waals surface area contributed by atoms with Gasteiger partial charge in [0.2, 0.25) is 0 Å². The van der Waals surface area contributed by atoms with Crippen LogP contribution in [-0.2, 0) is 4.74 Å². The Kier molecular flexibility index (Phi) is 5.30. The Morgan fingerprint density at radius 1 is 1.41 bits per heavy atom. The molecule has 0 radical (unpaired) electrons. The molecule has 1 saturated heterocycles. The summed E-state index contributed by atoms with van der Waals surface area (Å²) in [5, 5.41) is 20.6. The van der Waals surface area contributed by atoms with E-state index >= 15 is 0 Å². The monoisotopic (exact) mass is 390 g/mol. The van der Waals surface area contributed by atoms with Crippen LogP contribution < -0.4 is 5.73 Å². The fraction of sp³-hybridized carbons (Fsp3) is 0.533. The molecule has 2 unspecified atom stereocenters. The van der Waals surface area contributed by atoms with Gasteiger partial charge in [-0.1, -0.05) is 6.58 Å². The average Bonchev–Trinajstić information content (AvgIpc) is 2.68. The fourth-order valence-corrected chi connectivity index (χ4v) is 3.80. The Labute approximate surface area is 140 Å². The van der Waals surface area contributed by atoms with Crippen molar-refractivity contribution in [3.63, 3.8) is 0 Å². The van der Waals surface area contributed by atoms with Crippen LogP contribution in [0.5, 0.6) is 0 Å². The molecule has 2 aliphatic heterocycles. The van der Waals surface area contributed by atoms with E-state index in [0.717, 1.165) is 6.16 Å². The molecule has 124 valence electrons. The predicted molar refractivity (Wildman–Crippen MR) is 96.3 cm³/mol. The number of hydrogen-bond donors (Lipinski definition) is 3. The molecule has 1 fully saturated rings. The van der Waals surface area contributed by atoms with E-state index < -0.39 is 31.4 Å². The number of rotatable bonds is 4. The maximum Gasteiger partial charge on any atom is 0.163 e. The topological polar surface area (TPSA) is 79.0 Å². The highest BCUT2D eigenvalue weighted by atomic mass is 79.9. The van der Waals surface area contributed by atoms with Crippen LogP contribution in [0.2, 0.25) is 0 Å². The van der Waals surface area contributed by atoms with Crippen LogP contribution in [-0.4, -0.2) is 65.4 Å². The summed E-state index contributed by atoms with van der Waals surface area (Å²) in [4.78, 5) is 1.69. The van der Waals surface area contributed by atoms with E-state index in [4.69, 9.17) is 10.5 Å². The van der Waals surface area contributed by atoms with Crippen molar-refractivity contribution in [3.05, 3.63) is 34.7 Å². The number of hydrogen-bond acceptors (Lipinski definition) is 5. The lowest BCUT2D eigenvalue weighted by atomic mass is 10.1. The van der Waals surface area contributed by atoms with E-state index in [2.05, 4.69) is 42.1 Å². The number of aliphatic hydroxyl groups is 2. The molecule has 7 heteroatoms. The largest absolute Gasteiger partial charge is 0.398 e. The van der Waals surface area contributed by atoms with Gasteiger partial charge in [0.1, 0.15) is 12.2 Å². The minimum absolute atomic E-state index is 0.399. The normalized spacial score (nSPS) is 33.0. The zero-order chi connectivity index (χ0) is 16.7. The lowest BCUT2D eigenvalue weighted by Crippen LogP contribution is -2.41. The maximum absolute atomic E-state index is 10.3. The molecule has 2 rings (SSSR count). The van der Waals surface area contributed by atoms with Crippen LogP contribution in [0, 0.1) is 0 Å². The molecule has 0 amide bonds. The van der Waals surface area contributed by atoms with Crippen LogP contribution in [0.25, 0.3) is 0 Å². The lowest BCUT2D eigenvalue weighted by Gasteiger charge is -2.32. The predicted octanol–water partition coefficient (Wildman–Crippen LogP) is 1.44. The van der Waals surface area contributed by atoms with Crippen LogP contribution in [0.3, 0.4) is 0 Å². The van der Waals surface area contributed by atoms with Gasteiger partial charge >= 0.3 is 0 Å². The minimum atomic E-state index is -1.20. The fourth-order valence-electron chi connectivity index (χ4n) is 2.51. The second-order valence-corrected chi connectivity index (χ2v) is 11.6. The molecule has 2 aliphatic rings. The SMILES string of the molecule is C=C1C=C(N)C(Br)=CN1C1OC(CCP(=C)(C)C)[C@@H](O)[C@H]1O. The number of halogens is 1. The number of aliphatic hydroxyl groups excluding tert-OH is 2. The Hall–Kier alpha value is -0.520. The van der Waals surface area contributed by atoms with Gasteiger partial charge in [-0.05, 0) is 47.9 Å². The van der Waals surface area contributed by atoms with E-state index in [9.17, 15) is 10.2 Å². The molecule has 0 bridgehead atoms. The van der Waals surface area contributed by atoms with Gasteiger partial charge in [0, 0.05) is 17.6 Å². The molecule has 0 saturated carbocycles. The summed E-state index contributed by atoms with van der Waals surface area (Å²) in [5.74, 6) is 0. The number of ether oxygens (including phenoxy) is 1. The summed E-state index contributed by atoms with van der Waals surface area (Å²) in [5.41, 5.74) is 6.99. The summed E-state index contributed by atoms with van der Waals surface area (Å²) in [6.45, 7) is 7.01. The molecule has 5 nitrogen and oxygen atoms in total. The molecule has 0 aromatic rings. The van der Waals surface area contributed by atoms with Gasteiger partial charge in [-0.2, -0.15) is 0 Å². The third-order valence-corrected chi connectivity index (χ3v) is 5.94.